The Morgan fingerprint density at radius 2 is 1.67 bits per heavy atom. The Labute approximate surface area is 206 Å². The molecule has 1 aromatic heterocycles. The van der Waals surface area contributed by atoms with E-state index in [2.05, 4.69) is 0 Å². The van der Waals surface area contributed by atoms with Crippen LogP contribution in [-0.4, -0.2) is 82.2 Å². The van der Waals surface area contributed by atoms with Crippen LogP contribution in [0.1, 0.15) is 25.0 Å². The van der Waals surface area contributed by atoms with Gasteiger partial charge in [0.1, 0.15) is 24.4 Å². The zero-order chi connectivity index (χ0) is 26.1. The van der Waals surface area contributed by atoms with Crippen LogP contribution in [0.3, 0.4) is 0 Å². The molecule has 2 heterocycles. The number of benzene rings is 2. The Bertz CT molecular complexity index is 1200. The first-order valence-electron chi connectivity index (χ1n) is 11.4. The lowest BCUT2D eigenvalue weighted by atomic mass is 9.99. The zero-order valence-electron chi connectivity index (χ0n) is 20.0. The summed E-state index contributed by atoms with van der Waals surface area (Å²) in [6.07, 6.45) is -8.06. The second kappa shape index (κ2) is 10.5. The van der Waals surface area contributed by atoms with Gasteiger partial charge in [-0.2, -0.15) is 0 Å². The molecule has 0 bridgehead atoms. The van der Waals surface area contributed by atoms with Gasteiger partial charge in [0.2, 0.25) is 6.29 Å². The number of ether oxygens (including phenoxy) is 4. The van der Waals surface area contributed by atoms with Gasteiger partial charge in [-0.25, -0.2) is 0 Å². The summed E-state index contributed by atoms with van der Waals surface area (Å²) in [7, 11) is 2.98. The van der Waals surface area contributed by atoms with Gasteiger partial charge in [0.25, 0.3) is 0 Å². The predicted octanol–water partition coefficient (Wildman–Crippen LogP) is 1.44. The quantitative estimate of drug-likeness (QED) is 0.261. The molecule has 6 N–H and O–H groups in total. The Kier molecular flexibility index (Phi) is 7.59. The fraction of sp³-hybridized carbons (Fsp3) is 0.440. The molecular formula is C25H30O11. The molecule has 1 unspecified atom stereocenters. The number of hydrogen-bond donors (Lipinski definition) is 6. The summed E-state index contributed by atoms with van der Waals surface area (Å²) < 4.78 is 27.9. The molecule has 11 nitrogen and oxygen atoms in total. The van der Waals surface area contributed by atoms with Gasteiger partial charge in [0.05, 0.1) is 32.3 Å². The molecule has 1 fully saturated rings. The van der Waals surface area contributed by atoms with Crippen molar-refractivity contribution in [3.8, 4) is 34.3 Å². The molecule has 196 valence electrons. The predicted molar refractivity (Wildman–Crippen MR) is 126 cm³/mol. The monoisotopic (exact) mass is 506 g/mol. The van der Waals surface area contributed by atoms with Crippen LogP contribution in [0.25, 0.3) is 22.3 Å². The molecule has 2 aromatic carbocycles. The topological polar surface area (TPSA) is 171 Å². The fourth-order valence-electron chi connectivity index (χ4n) is 4.16. The second-order valence-electron chi connectivity index (χ2n) is 8.48. The molecule has 11 heteroatoms. The van der Waals surface area contributed by atoms with Crippen LogP contribution in [0, 0.1) is 0 Å². The van der Waals surface area contributed by atoms with Crippen molar-refractivity contribution >= 4 is 11.0 Å². The lowest BCUT2D eigenvalue weighted by Crippen LogP contribution is -2.60. The van der Waals surface area contributed by atoms with Gasteiger partial charge >= 0.3 is 0 Å². The molecule has 1 aliphatic rings. The number of aliphatic hydroxyl groups excluding tert-OH is 5. The maximum absolute atomic E-state index is 11.1. The van der Waals surface area contributed by atoms with Gasteiger partial charge in [-0.15, -0.1) is 0 Å². The van der Waals surface area contributed by atoms with Crippen LogP contribution >= 0.6 is 0 Å². The van der Waals surface area contributed by atoms with Crippen molar-refractivity contribution < 1.29 is 54.0 Å². The number of methoxy groups -OCH3 is 2. The van der Waals surface area contributed by atoms with Crippen molar-refractivity contribution in [1.82, 2.24) is 0 Å². The van der Waals surface area contributed by atoms with Gasteiger partial charge in [-0.3, -0.25) is 0 Å². The van der Waals surface area contributed by atoms with Crippen molar-refractivity contribution in [2.45, 2.75) is 50.2 Å². The Morgan fingerprint density at radius 3 is 2.31 bits per heavy atom. The number of fused-ring (bicyclic) bond motifs is 1. The highest BCUT2D eigenvalue weighted by Gasteiger charge is 2.45. The summed E-state index contributed by atoms with van der Waals surface area (Å²) in [5.41, 5.74) is 0.957. The number of rotatable bonds is 8. The van der Waals surface area contributed by atoms with Crippen molar-refractivity contribution in [2.24, 2.45) is 0 Å². The van der Waals surface area contributed by atoms with Crippen LogP contribution in [0.5, 0.6) is 23.0 Å². The molecule has 0 amide bonds. The highest BCUT2D eigenvalue weighted by molar-refractivity contribution is 5.95. The van der Waals surface area contributed by atoms with Crippen LogP contribution in [-0.2, 0) is 4.74 Å². The maximum Gasteiger partial charge on any atom is 0.229 e. The molecule has 0 aliphatic carbocycles. The SMILES string of the molecule is CCC(O)c1cc(O[C@@H]2O[C@H](CO)[C@@H](O)[C@H](O)[C@H]2O)c2oc(-c3ccc(OC)c(OC)c3)c(O)c2c1. The first kappa shape index (κ1) is 26.0. The van der Waals surface area contributed by atoms with Gasteiger partial charge in [-0.1, -0.05) is 6.92 Å². The van der Waals surface area contributed by atoms with E-state index in [-0.39, 0.29) is 28.2 Å². The van der Waals surface area contributed by atoms with Crippen molar-refractivity contribution in [3.05, 3.63) is 35.9 Å². The lowest BCUT2D eigenvalue weighted by Gasteiger charge is -2.39. The Balaban J connectivity index is 1.82. The summed E-state index contributed by atoms with van der Waals surface area (Å²) >= 11 is 0. The van der Waals surface area contributed by atoms with Gasteiger partial charge in [-0.05, 0) is 42.3 Å². The van der Waals surface area contributed by atoms with E-state index in [0.717, 1.165) is 0 Å². The van der Waals surface area contributed by atoms with Crippen LogP contribution in [0.4, 0.5) is 0 Å². The van der Waals surface area contributed by atoms with E-state index in [9.17, 15) is 30.6 Å². The molecule has 1 aliphatic heterocycles. The summed E-state index contributed by atoms with van der Waals surface area (Å²) in [6, 6.07) is 7.97. The fourth-order valence-corrected chi connectivity index (χ4v) is 4.16. The smallest absolute Gasteiger partial charge is 0.229 e. The third-order valence-electron chi connectivity index (χ3n) is 6.26. The zero-order valence-corrected chi connectivity index (χ0v) is 20.0. The summed E-state index contributed by atoms with van der Waals surface area (Å²) in [6.45, 7) is 1.15. The molecular weight excluding hydrogens is 476 g/mol. The first-order chi connectivity index (χ1) is 17.2. The molecule has 4 rings (SSSR count). The number of aliphatic hydroxyl groups is 5. The largest absolute Gasteiger partial charge is 0.504 e. The minimum atomic E-state index is -1.66. The Morgan fingerprint density at radius 1 is 0.944 bits per heavy atom. The van der Waals surface area contributed by atoms with Crippen LogP contribution in [0.2, 0.25) is 0 Å². The summed E-state index contributed by atoms with van der Waals surface area (Å²) in [4.78, 5) is 0. The Hall–Kier alpha value is -3.06. The van der Waals surface area contributed by atoms with E-state index in [1.54, 1.807) is 31.2 Å². The number of hydrogen-bond acceptors (Lipinski definition) is 11. The highest BCUT2D eigenvalue weighted by atomic mass is 16.7. The average molecular weight is 507 g/mol. The minimum absolute atomic E-state index is 0.00126. The third-order valence-corrected chi connectivity index (χ3v) is 6.26. The summed E-state index contributed by atoms with van der Waals surface area (Å²) in [5, 5.41) is 61.9. The summed E-state index contributed by atoms with van der Waals surface area (Å²) in [5.74, 6) is 0.765. The normalized spacial score (nSPS) is 25.1. The van der Waals surface area contributed by atoms with Gasteiger partial charge < -0.3 is 54.0 Å². The number of aromatic hydroxyl groups is 1. The molecule has 6 atom stereocenters. The van der Waals surface area contributed by atoms with Gasteiger partial charge in [0.15, 0.2) is 34.3 Å². The van der Waals surface area contributed by atoms with E-state index in [1.165, 1.54) is 20.3 Å². The minimum Gasteiger partial charge on any atom is -0.504 e. The van der Waals surface area contributed by atoms with Gasteiger partial charge in [0, 0.05) is 5.56 Å². The van der Waals surface area contributed by atoms with Crippen molar-refractivity contribution in [2.75, 3.05) is 20.8 Å². The third kappa shape index (κ3) is 4.57. The molecule has 3 aromatic rings. The van der Waals surface area contributed by atoms with E-state index < -0.39 is 43.4 Å². The van der Waals surface area contributed by atoms with Crippen LogP contribution < -0.4 is 14.2 Å². The first-order valence-corrected chi connectivity index (χ1v) is 11.4. The molecule has 0 spiro atoms. The van der Waals surface area contributed by atoms with E-state index in [1.807, 2.05) is 0 Å². The second-order valence-corrected chi connectivity index (χ2v) is 8.48. The number of furan rings is 1. The highest BCUT2D eigenvalue weighted by Crippen LogP contribution is 2.46. The standard InChI is InChI=1S/C25H30O11/c1-4-14(27)12-7-13-19(28)23(11-5-6-15(32-2)16(8-11)33-3)36-24(13)17(9-12)34-25-22(31)21(30)20(29)18(10-26)35-25/h5-9,14,18,20-22,25-31H,4,10H2,1-3H3/t14?,18-,20-,21+,22-,25-/m1/s1. The maximum atomic E-state index is 11.1. The molecule has 36 heavy (non-hydrogen) atoms. The van der Waals surface area contributed by atoms with E-state index in [0.29, 0.717) is 29.0 Å². The van der Waals surface area contributed by atoms with E-state index in [4.69, 9.17) is 23.4 Å². The molecule has 0 radical (unpaired) electrons. The van der Waals surface area contributed by atoms with E-state index >= 15 is 0 Å². The van der Waals surface area contributed by atoms with Crippen LogP contribution in [0.15, 0.2) is 34.7 Å². The molecule has 1 saturated heterocycles. The van der Waals surface area contributed by atoms with Crippen molar-refractivity contribution in [1.29, 1.82) is 0 Å². The van der Waals surface area contributed by atoms with Crippen molar-refractivity contribution in [3.63, 3.8) is 0 Å². The average Bonchev–Trinajstić information content (AvgIpc) is 3.24. The molecule has 0 saturated carbocycles. The lowest BCUT2D eigenvalue weighted by molar-refractivity contribution is -0.277.